The summed E-state index contributed by atoms with van der Waals surface area (Å²) in [5, 5.41) is 0. The van der Waals surface area contributed by atoms with E-state index in [1.54, 1.807) is 6.08 Å². The molecule has 0 aromatic rings. The molecule has 0 N–H and O–H groups in total. The van der Waals surface area contributed by atoms with Gasteiger partial charge in [0.15, 0.2) is 5.78 Å². The molecular weight excluding hydrogens is 148 g/mol. The summed E-state index contributed by atoms with van der Waals surface area (Å²) >= 11 is 0. The molecular formula is C11H18O. The van der Waals surface area contributed by atoms with Crippen molar-refractivity contribution in [2.24, 2.45) is 5.92 Å². The molecule has 0 bridgehead atoms. The van der Waals surface area contributed by atoms with Crippen molar-refractivity contribution in [1.29, 1.82) is 0 Å². The molecule has 0 aromatic carbocycles. The summed E-state index contributed by atoms with van der Waals surface area (Å²) in [6.45, 7) is 2.22. The van der Waals surface area contributed by atoms with Crippen LogP contribution < -0.4 is 0 Å². The highest BCUT2D eigenvalue weighted by molar-refractivity contribution is 5.90. The first kappa shape index (κ1) is 9.50. The van der Waals surface area contributed by atoms with Crippen LogP contribution in [-0.4, -0.2) is 5.78 Å². The lowest BCUT2D eigenvalue weighted by Crippen LogP contribution is -2.07. The highest BCUT2D eigenvalue weighted by atomic mass is 16.1. The van der Waals surface area contributed by atoms with Crippen molar-refractivity contribution in [3.05, 3.63) is 12.2 Å². The quantitative estimate of drug-likeness (QED) is 0.586. The van der Waals surface area contributed by atoms with Crippen LogP contribution in [0.2, 0.25) is 0 Å². The zero-order valence-corrected chi connectivity index (χ0v) is 7.88. The molecule has 0 aromatic heterocycles. The van der Waals surface area contributed by atoms with Crippen LogP contribution in [0, 0.1) is 5.92 Å². The molecule has 12 heavy (non-hydrogen) atoms. The Morgan fingerprint density at radius 3 is 2.92 bits per heavy atom. The van der Waals surface area contributed by atoms with Crippen molar-refractivity contribution in [2.75, 3.05) is 0 Å². The summed E-state index contributed by atoms with van der Waals surface area (Å²) < 4.78 is 0. The molecule has 1 atom stereocenters. The fourth-order valence-electron chi connectivity index (χ4n) is 1.65. The van der Waals surface area contributed by atoms with Crippen LogP contribution >= 0.6 is 0 Å². The predicted octanol–water partition coefficient (Wildman–Crippen LogP) is 3.10. The van der Waals surface area contributed by atoms with Gasteiger partial charge in [-0.1, -0.05) is 32.3 Å². The molecule has 0 saturated heterocycles. The molecule has 1 aliphatic rings. The maximum atomic E-state index is 10.9. The van der Waals surface area contributed by atoms with Crippen LogP contribution in [0.4, 0.5) is 0 Å². The highest BCUT2D eigenvalue weighted by Gasteiger charge is 2.11. The summed E-state index contributed by atoms with van der Waals surface area (Å²) in [6.07, 6.45) is 10.9. The van der Waals surface area contributed by atoms with Gasteiger partial charge in [-0.05, 0) is 24.8 Å². The number of rotatable bonds is 4. The first-order chi connectivity index (χ1) is 5.83. The minimum atomic E-state index is 0.307. The summed E-state index contributed by atoms with van der Waals surface area (Å²) in [5.74, 6) is 0.996. The zero-order chi connectivity index (χ0) is 8.81. The van der Waals surface area contributed by atoms with E-state index in [2.05, 4.69) is 13.0 Å². The number of carbonyl (C=O) groups is 1. The third kappa shape index (κ3) is 3.21. The number of unbranched alkanes of at least 4 members (excludes halogenated alkanes) is 2. The fraction of sp³-hybridized carbons (Fsp3) is 0.727. The molecule has 0 fully saturated rings. The van der Waals surface area contributed by atoms with Gasteiger partial charge in [-0.3, -0.25) is 4.79 Å². The third-order valence-electron chi connectivity index (χ3n) is 2.49. The molecule has 0 heterocycles. The lowest BCUT2D eigenvalue weighted by atomic mass is 9.90. The second-order valence-corrected chi connectivity index (χ2v) is 3.62. The van der Waals surface area contributed by atoms with Gasteiger partial charge < -0.3 is 0 Å². The van der Waals surface area contributed by atoms with E-state index >= 15 is 0 Å². The maximum absolute atomic E-state index is 10.9. The fourth-order valence-corrected chi connectivity index (χ4v) is 1.65. The van der Waals surface area contributed by atoms with Crippen LogP contribution in [-0.2, 0) is 4.79 Å². The van der Waals surface area contributed by atoms with Crippen LogP contribution in [0.1, 0.15) is 45.4 Å². The Labute approximate surface area is 74.9 Å². The largest absolute Gasteiger partial charge is 0.295 e. The van der Waals surface area contributed by atoms with E-state index in [0.717, 1.165) is 12.8 Å². The molecule has 1 nitrogen and oxygen atoms in total. The minimum Gasteiger partial charge on any atom is -0.295 e. The Morgan fingerprint density at radius 1 is 1.50 bits per heavy atom. The normalized spacial score (nSPS) is 23.1. The van der Waals surface area contributed by atoms with E-state index < -0.39 is 0 Å². The van der Waals surface area contributed by atoms with E-state index in [4.69, 9.17) is 0 Å². The van der Waals surface area contributed by atoms with Gasteiger partial charge >= 0.3 is 0 Å². The first-order valence-corrected chi connectivity index (χ1v) is 5.04. The Morgan fingerprint density at radius 2 is 2.33 bits per heavy atom. The third-order valence-corrected chi connectivity index (χ3v) is 2.49. The van der Waals surface area contributed by atoms with Crippen molar-refractivity contribution in [3.63, 3.8) is 0 Å². The summed E-state index contributed by atoms with van der Waals surface area (Å²) in [5.41, 5.74) is 0. The van der Waals surface area contributed by atoms with Crippen molar-refractivity contribution in [3.8, 4) is 0 Å². The monoisotopic (exact) mass is 166 g/mol. The van der Waals surface area contributed by atoms with Gasteiger partial charge in [0.25, 0.3) is 0 Å². The second kappa shape index (κ2) is 5.13. The number of carbonyl (C=O) groups excluding carboxylic acids is 1. The van der Waals surface area contributed by atoms with Crippen molar-refractivity contribution < 1.29 is 4.79 Å². The van der Waals surface area contributed by atoms with Crippen LogP contribution in [0.5, 0.6) is 0 Å². The molecule has 1 heteroatoms. The standard InChI is InChI=1S/C11H18O/c1-2-3-4-5-10-6-8-11(12)9-7-10/h6,8,10H,2-5,7,9H2,1H3. The van der Waals surface area contributed by atoms with Gasteiger partial charge in [0.05, 0.1) is 0 Å². The maximum Gasteiger partial charge on any atom is 0.155 e. The summed E-state index contributed by atoms with van der Waals surface area (Å²) in [4.78, 5) is 10.9. The lowest BCUT2D eigenvalue weighted by molar-refractivity contribution is -0.115. The first-order valence-electron chi connectivity index (χ1n) is 5.04. The molecule has 0 aliphatic heterocycles. The molecule has 1 aliphatic carbocycles. The molecule has 0 radical (unpaired) electrons. The molecule has 68 valence electrons. The molecule has 0 spiro atoms. The van der Waals surface area contributed by atoms with Gasteiger partial charge in [0.1, 0.15) is 0 Å². The SMILES string of the molecule is CCCCCC1C=CC(=O)CC1. The van der Waals surface area contributed by atoms with E-state index in [0.29, 0.717) is 11.7 Å². The van der Waals surface area contributed by atoms with Crippen LogP contribution in [0.3, 0.4) is 0 Å². The molecule has 0 saturated carbocycles. The predicted molar refractivity (Wildman–Crippen MR) is 51.0 cm³/mol. The average Bonchev–Trinajstić information content (AvgIpc) is 2.09. The van der Waals surface area contributed by atoms with Gasteiger partial charge in [-0.25, -0.2) is 0 Å². The summed E-state index contributed by atoms with van der Waals surface area (Å²) in [6, 6.07) is 0. The topological polar surface area (TPSA) is 17.1 Å². The van der Waals surface area contributed by atoms with Crippen LogP contribution in [0.15, 0.2) is 12.2 Å². The number of allylic oxidation sites excluding steroid dienone is 2. The highest BCUT2D eigenvalue weighted by Crippen LogP contribution is 2.20. The smallest absolute Gasteiger partial charge is 0.155 e. The van der Waals surface area contributed by atoms with Crippen molar-refractivity contribution in [2.45, 2.75) is 45.4 Å². The Balaban J connectivity index is 2.17. The van der Waals surface area contributed by atoms with Crippen molar-refractivity contribution >= 4 is 5.78 Å². The lowest BCUT2D eigenvalue weighted by Gasteiger charge is -2.14. The minimum absolute atomic E-state index is 0.307. The Hall–Kier alpha value is -0.590. The zero-order valence-electron chi connectivity index (χ0n) is 7.88. The Bertz CT molecular complexity index is 170. The number of hydrogen-bond acceptors (Lipinski definition) is 1. The van der Waals surface area contributed by atoms with E-state index in [-0.39, 0.29) is 0 Å². The van der Waals surface area contributed by atoms with Gasteiger partial charge in [-0.15, -0.1) is 0 Å². The van der Waals surface area contributed by atoms with E-state index in [1.165, 1.54) is 25.7 Å². The molecule has 0 amide bonds. The summed E-state index contributed by atoms with van der Waals surface area (Å²) in [7, 11) is 0. The molecule has 1 unspecified atom stereocenters. The van der Waals surface area contributed by atoms with Crippen molar-refractivity contribution in [1.82, 2.24) is 0 Å². The second-order valence-electron chi connectivity index (χ2n) is 3.62. The van der Waals surface area contributed by atoms with Crippen LogP contribution in [0.25, 0.3) is 0 Å². The van der Waals surface area contributed by atoms with Gasteiger partial charge in [-0.2, -0.15) is 0 Å². The van der Waals surface area contributed by atoms with E-state index in [9.17, 15) is 4.79 Å². The number of hydrogen-bond donors (Lipinski definition) is 0. The molecule has 1 rings (SSSR count). The van der Waals surface area contributed by atoms with E-state index in [1.807, 2.05) is 0 Å². The average molecular weight is 166 g/mol. The van der Waals surface area contributed by atoms with Gasteiger partial charge in [0.2, 0.25) is 0 Å². The van der Waals surface area contributed by atoms with Gasteiger partial charge in [0, 0.05) is 6.42 Å². The Kier molecular flexibility index (Phi) is 4.06. The number of ketones is 1.